The molecule has 0 heterocycles. The number of carbonyl (C=O) groups excluding carboxylic acids is 2. The zero-order valence-electron chi connectivity index (χ0n) is 20.1. The highest BCUT2D eigenvalue weighted by atomic mass is 35.5. The van der Waals surface area contributed by atoms with Crippen molar-refractivity contribution in [3.05, 3.63) is 0 Å². The van der Waals surface area contributed by atoms with Crippen molar-refractivity contribution >= 4 is 23.5 Å². The van der Waals surface area contributed by atoms with Crippen LogP contribution in [0.4, 0.5) is 0 Å². The predicted octanol–water partition coefficient (Wildman–Crippen LogP) is 5.11. The lowest BCUT2D eigenvalue weighted by Gasteiger charge is -2.66. The van der Waals surface area contributed by atoms with Crippen molar-refractivity contribution in [2.24, 2.45) is 34.0 Å². The maximum Gasteiger partial charge on any atom is 0.311 e. The van der Waals surface area contributed by atoms with E-state index in [2.05, 4.69) is 27.7 Å². The number of aliphatic hydroxyl groups excluding tert-OH is 1. The minimum atomic E-state index is -0.845. The summed E-state index contributed by atoms with van der Waals surface area (Å²) in [5, 5.41) is 9.46. The molecular formula is C25H41ClO5. The second kappa shape index (κ2) is 8.52. The third-order valence-corrected chi connectivity index (χ3v) is 9.61. The summed E-state index contributed by atoms with van der Waals surface area (Å²) in [6.45, 7) is 12.3. The van der Waals surface area contributed by atoms with E-state index in [0.717, 1.165) is 25.7 Å². The van der Waals surface area contributed by atoms with Crippen molar-refractivity contribution in [3.63, 3.8) is 0 Å². The summed E-state index contributed by atoms with van der Waals surface area (Å²) in [6.07, 6.45) is 6.77. The number of hydrogen-bond donors (Lipinski definition) is 1. The van der Waals surface area contributed by atoms with Crippen LogP contribution in [0.25, 0.3) is 0 Å². The third-order valence-electron chi connectivity index (χ3n) is 9.21. The molecule has 7 atom stereocenters. The van der Waals surface area contributed by atoms with E-state index in [-0.39, 0.29) is 30.0 Å². The molecule has 0 amide bonds. The molecule has 0 unspecified atom stereocenters. The van der Waals surface area contributed by atoms with Crippen molar-refractivity contribution in [1.82, 2.24) is 0 Å². The van der Waals surface area contributed by atoms with Gasteiger partial charge in [-0.15, -0.1) is 11.6 Å². The Bertz CT molecular complexity index is 704. The quantitative estimate of drug-likeness (QED) is 0.459. The second-order valence-corrected chi connectivity index (χ2v) is 12.7. The first-order valence-electron chi connectivity index (χ1n) is 11.9. The highest BCUT2D eigenvalue weighted by molar-refractivity contribution is 6.25. The number of halogens is 1. The first kappa shape index (κ1) is 24.8. The number of hydrogen-bond acceptors (Lipinski definition) is 5. The summed E-state index contributed by atoms with van der Waals surface area (Å²) in [6, 6.07) is 0. The lowest BCUT2D eigenvalue weighted by atomic mass is 9.38. The van der Waals surface area contributed by atoms with Crippen LogP contribution in [0.15, 0.2) is 0 Å². The zero-order chi connectivity index (χ0) is 23.2. The summed E-state index contributed by atoms with van der Waals surface area (Å²) in [4.78, 5) is 24.0. The molecule has 0 spiro atoms. The molecule has 3 rings (SSSR count). The maximum atomic E-state index is 13.4. The third kappa shape index (κ3) is 4.38. The van der Waals surface area contributed by atoms with Gasteiger partial charge in [-0.3, -0.25) is 9.59 Å². The summed E-state index contributed by atoms with van der Waals surface area (Å²) in [5.41, 5.74) is 0.289. The number of alkyl halides is 1. The number of esters is 2. The normalized spacial score (nSPS) is 42.6. The van der Waals surface area contributed by atoms with E-state index in [1.54, 1.807) is 0 Å². The van der Waals surface area contributed by atoms with Crippen LogP contribution in [0.1, 0.15) is 86.5 Å². The van der Waals surface area contributed by atoms with Gasteiger partial charge in [-0.2, -0.15) is 0 Å². The van der Waals surface area contributed by atoms with Crippen LogP contribution in [0.3, 0.4) is 0 Å². The summed E-state index contributed by atoms with van der Waals surface area (Å²) in [5.74, 6) is -0.184. The molecule has 0 radical (unpaired) electrons. The Morgan fingerprint density at radius 3 is 2.26 bits per heavy atom. The minimum Gasteiger partial charge on any atom is -0.461 e. The van der Waals surface area contributed by atoms with Crippen molar-refractivity contribution < 1.29 is 24.2 Å². The molecule has 0 aliphatic heterocycles. The fourth-order valence-corrected chi connectivity index (χ4v) is 8.53. The van der Waals surface area contributed by atoms with Crippen LogP contribution < -0.4 is 0 Å². The largest absolute Gasteiger partial charge is 0.461 e. The molecule has 0 aromatic carbocycles. The Labute approximate surface area is 192 Å². The van der Waals surface area contributed by atoms with Crippen molar-refractivity contribution in [1.29, 1.82) is 0 Å². The summed E-state index contributed by atoms with van der Waals surface area (Å²) in [7, 11) is 0. The van der Waals surface area contributed by atoms with E-state index < -0.39 is 22.9 Å². The predicted molar refractivity (Wildman–Crippen MR) is 121 cm³/mol. The molecule has 0 bridgehead atoms. The topological polar surface area (TPSA) is 72.8 Å². The Hall–Kier alpha value is -0.810. The Morgan fingerprint density at radius 1 is 1.00 bits per heavy atom. The lowest BCUT2D eigenvalue weighted by Crippen LogP contribution is -2.63. The molecule has 1 N–H and O–H groups in total. The van der Waals surface area contributed by atoms with Gasteiger partial charge in [0.15, 0.2) is 6.10 Å². The van der Waals surface area contributed by atoms with Crippen molar-refractivity contribution in [2.45, 2.75) is 97.5 Å². The molecule has 0 aromatic heterocycles. The minimum absolute atomic E-state index is 0.147. The zero-order valence-corrected chi connectivity index (χ0v) is 20.9. The molecule has 178 valence electrons. The van der Waals surface area contributed by atoms with E-state index in [1.165, 1.54) is 26.2 Å². The first-order valence-corrected chi connectivity index (χ1v) is 12.3. The van der Waals surface area contributed by atoms with Gasteiger partial charge in [0.2, 0.25) is 0 Å². The van der Waals surface area contributed by atoms with E-state index in [9.17, 15) is 14.7 Å². The van der Waals surface area contributed by atoms with Crippen molar-refractivity contribution in [2.75, 3.05) is 13.2 Å². The highest BCUT2D eigenvalue weighted by Crippen LogP contribution is 2.70. The fraction of sp³-hybridized carbons (Fsp3) is 0.920. The number of ether oxygens (including phenoxy) is 2. The Kier molecular flexibility index (Phi) is 6.82. The van der Waals surface area contributed by atoms with Gasteiger partial charge in [-0.05, 0) is 73.5 Å². The van der Waals surface area contributed by atoms with Crippen LogP contribution >= 0.6 is 11.6 Å². The van der Waals surface area contributed by atoms with Crippen molar-refractivity contribution in [3.8, 4) is 0 Å². The molecule has 3 fully saturated rings. The van der Waals surface area contributed by atoms with Gasteiger partial charge in [0.05, 0.1) is 17.4 Å². The monoisotopic (exact) mass is 456 g/mol. The van der Waals surface area contributed by atoms with E-state index in [0.29, 0.717) is 17.3 Å². The van der Waals surface area contributed by atoms with Crippen LogP contribution in [0, 0.1) is 34.0 Å². The van der Waals surface area contributed by atoms with E-state index in [4.69, 9.17) is 21.1 Å². The van der Waals surface area contributed by atoms with Crippen LogP contribution in [0.2, 0.25) is 0 Å². The number of rotatable bonds is 5. The lowest BCUT2D eigenvalue weighted by molar-refractivity contribution is -0.192. The Morgan fingerprint density at radius 2 is 1.65 bits per heavy atom. The second-order valence-electron chi connectivity index (χ2n) is 11.8. The van der Waals surface area contributed by atoms with Gasteiger partial charge in [-0.1, -0.05) is 34.1 Å². The van der Waals surface area contributed by atoms with Crippen LogP contribution in [0.5, 0.6) is 0 Å². The van der Waals surface area contributed by atoms with Gasteiger partial charge in [0, 0.05) is 6.92 Å². The smallest absolute Gasteiger partial charge is 0.311 e. The number of carbonyl (C=O) groups is 2. The van der Waals surface area contributed by atoms with Gasteiger partial charge in [0.1, 0.15) is 6.61 Å². The fourth-order valence-electron chi connectivity index (χ4n) is 8.08. The Balaban J connectivity index is 1.86. The molecule has 6 heteroatoms. The molecule has 3 aliphatic rings. The standard InChI is InChI=1S/C25H41ClO5/c1-16(28)31-17(14-27)15-30-21(29)20-24(5)12-8-18-22(2,3)10-7-11-23(18,4)19(24)9-13-25(20,6)26/h17-20,27H,7-15H2,1-6H3/t17-,18+,19-,20+,23+,24-,25-/m0/s1. The van der Waals surface area contributed by atoms with Crippen LogP contribution in [-0.2, 0) is 19.1 Å². The molecular weight excluding hydrogens is 416 g/mol. The SMILES string of the molecule is CC(=O)O[C@@H](CO)COC(=O)[C@@H]1[C@@]2(C)CC[C@@H]3C(C)(C)CCC[C@@]3(C)[C@@H]2CC[C@]1(C)Cl. The summed E-state index contributed by atoms with van der Waals surface area (Å²) < 4.78 is 10.7. The molecule has 5 nitrogen and oxygen atoms in total. The van der Waals surface area contributed by atoms with Gasteiger partial charge in [-0.25, -0.2) is 0 Å². The average Bonchev–Trinajstić information content (AvgIpc) is 2.62. The molecule has 3 saturated carbocycles. The van der Waals surface area contributed by atoms with Crippen LogP contribution in [-0.4, -0.2) is 41.2 Å². The first-order chi connectivity index (χ1) is 14.3. The number of aliphatic hydroxyl groups is 1. The highest BCUT2D eigenvalue weighted by Gasteiger charge is 2.65. The number of fused-ring (bicyclic) bond motifs is 3. The molecule has 31 heavy (non-hydrogen) atoms. The maximum absolute atomic E-state index is 13.4. The molecule has 3 aliphatic carbocycles. The average molecular weight is 457 g/mol. The van der Waals surface area contributed by atoms with Gasteiger partial charge in [0.25, 0.3) is 0 Å². The van der Waals surface area contributed by atoms with E-state index in [1.807, 2.05) is 6.92 Å². The van der Waals surface area contributed by atoms with Gasteiger partial charge >= 0.3 is 11.9 Å². The van der Waals surface area contributed by atoms with E-state index >= 15 is 0 Å². The molecule has 0 aromatic rings. The molecule has 0 saturated heterocycles. The summed E-state index contributed by atoms with van der Waals surface area (Å²) >= 11 is 7.02. The van der Waals surface area contributed by atoms with Gasteiger partial charge < -0.3 is 14.6 Å².